The van der Waals surface area contributed by atoms with Crippen LogP contribution in [0, 0.1) is 20.2 Å². The van der Waals surface area contributed by atoms with Crippen molar-refractivity contribution in [3.05, 3.63) is 66.7 Å². The van der Waals surface area contributed by atoms with Crippen LogP contribution >= 0.6 is 15.9 Å². The van der Waals surface area contributed by atoms with E-state index in [4.69, 9.17) is 4.74 Å². The third-order valence-corrected chi connectivity index (χ3v) is 3.55. The summed E-state index contributed by atoms with van der Waals surface area (Å²) in [6, 6.07) is 8.02. The molecule has 0 aliphatic heterocycles. The number of para-hydroxylation sites is 2. The molecule has 11 nitrogen and oxygen atoms in total. The first-order valence-corrected chi connectivity index (χ1v) is 7.94. The van der Waals surface area contributed by atoms with Gasteiger partial charge in [-0.2, -0.15) is 5.10 Å². The lowest BCUT2D eigenvalue weighted by atomic mass is 10.2. The van der Waals surface area contributed by atoms with Crippen LogP contribution in [0.25, 0.3) is 0 Å². The van der Waals surface area contributed by atoms with Crippen LogP contribution in [0.1, 0.15) is 5.56 Å². The summed E-state index contributed by atoms with van der Waals surface area (Å²) in [6.45, 7) is -0.549. The molecule has 12 heteroatoms. The van der Waals surface area contributed by atoms with Gasteiger partial charge >= 0.3 is 11.4 Å². The van der Waals surface area contributed by atoms with Crippen LogP contribution in [0.3, 0.4) is 0 Å². The fraction of sp³-hybridized carbons (Fsp3) is 0.0667. The van der Waals surface area contributed by atoms with Crippen LogP contribution in [0.15, 0.2) is 46.0 Å². The lowest BCUT2D eigenvalue weighted by molar-refractivity contribution is -0.386. The smallest absolute Gasteiger partial charge is 0.312 e. The van der Waals surface area contributed by atoms with Gasteiger partial charge in [-0.1, -0.05) is 28.1 Å². The third kappa shape index (κ3) is 5.22. The van der Waals surface area contributed by atoms with Gasteiger partial charge in [-0.3, -0.25) is 25.0 Å². The maximum Gasteiger partial charge on any atom is 0.312 e. The minimum Gasteiger partial charge on any atom is -0.502 e. The van der Waals surface area contributed by atoms with Crippen molar-refractivity contribution in [2.24, 2.45) is 5.10 Å². The lowest BCUT2D eigenvalue weighted by Crippen LogP contribution is -2.24. The lowest BCUT2D eigenvalue weighted by Gasteiger charge is -2.05. The molecule has 0 aromatic heterocycles. The van der Waals surface area contributed by atoms with Crippen LogP contribution < -0.4 is 10.2 Å². The fourth-order valence-corrected chi connectivity index (χ4v) is 2.39. The number of halogens is 1. The molecule has 140 valence electrons. The van der Waals surface area contributed by atoms with Crippen molar-refractivity contribution in [1.29, 1.82) is 0 Å². The maximum atomic E-state index is 11.7. The number of benzene rings is 2. The molecule has 0 aliphatic carbocycles. The number of carbonyl (C=O) groups is 1. The number of rotatable bonds is 7. The summed E-state index contributed by atoms with van der Waals surface area (Å²) in [7, 11) is 0. The fourth-order valence-electron chi connectivity index (χ4n) is 1.92. The molecule has 2 aromatic rings. The summed E-state index contributed by atoms with van der Waals surface area (Å²) in [5.41, 5.74) is 1.26. The van der Waals surface area contributed by atoms with Crippen LogP contribution in [-0.4, -0.2) is 33.7 Å². The van der Waals surface area contributed by atoms with Crippen molar-refractivity contribution >= 4 is 39.4 Å². The number of aromatic hydroxyl groups is 1. The van der Waals surface area contributed by atoms with Gasteiger partial charge in [0.2, 0.25) is 5.75 Å². The molecule has 2 N–H and O–H groups in total. The summed E-state index contributed by atoms with van der Waals surface area (Å²) in [6.07, 6.45) is 1.01. The summed E-state index contributed by atoms with van der Waals surface area (Å²) in [5.74, 6) is -1.42. The van der Waals surface area contributed by atoms with E-state index in [1.54, 1.807) is 0 Å². The highest BCUT2D eigenvalue weighted by molar-refractivity contribution is 9.10. The zero-order valence-electron chi connectivity index (χ0n) is 13.4. The van der Waals surface area contributed by atoms with E-state index in [-0.39, 0.29) is 17.0 Å². The van der Waals surface area contributed by atoms with Gasteiger partial charge in [0.25, 0.3) is 5.91 Å². The summed E-state index contributed by atoms with van der Waals surface area (Å²) in [4.78, 5) is 32.0. The summed E-state index contributed by atoms with van der Waals surface area (Å²) < 4.78 is 5.42. The second-order valence-electron chi connectivity index (χ2n) is 4.93. The highest BCUT2D eigenvalue weighted by Crippen LogP contribution is 2.32. The van der Waals surface area contributed by atoms with E-state index < -0.39 is 33.8 Å². The molecule has 1 amide bonds. The number of amides is 1. The van der Waals surface area contributed by atoms with E-state index in [1.807, 2.05) is 0 Å². The topological polar surface area (TPSA) is 157 Å². The molecule has 27 heavy (non-hydrogen) atoms. The van der Waals surface area contributed by atoms with Crippen molar-refractivity contribution in [1.82, 2.24) is 5.43 Å². The number of hydrogen-bond acceptors (Lipinski definition) is 8. The second-order valence-corrected chi connectivity index (χ2v) is 5.84. The molecule has 0 unspecified atom stereocenters. The van der Waals surface area contributed by atoms with Gasteiger partial charge in [0, 0.05) is 22.2 Å². The van der Waals surface area contributed by atoms with Crippen molar-refractivity contribution in [3.8, 4) is 11.5 Å². The highest BCUT2D eigenvalue weighted by atomic mass is 79.9. The zero-order valence-corrected chi connectivity index (χ0v) is 15.0. The van der Waals surface area contributed by atoms with Crippen molar-refractivity contribution in [2.75, 3.05) is 6.61 Å². The van der Waals surface area contributed by atoms with Gasteiger partial charge in [0.05, 0.1) is 16.1 Å². The average molecular weight is 439 g/mol. The molecule has 0 bridgehead atoms. The molecule has 0 heterocycles. The average Bonchev–Trinajstić information content (AvgIpc) is 2.62. The molecule has 0 saturated carbocycles. The van der Waals surface area contributed by atoms with Crippen molar-refractivity contribution in [2.45, 2.75) is 0 Å². The monoisotopic (exact) mass is 438 g/mol. The van der Waals surface area contributed by atoms with Gasteiger partial charge in [0.1, 0.15) is 0 Å². The molecular formula is C15H11BrN4O7. The van der Waals surface area contributed by atoms with Crippen molar-refractivity contribution in [3.63, 3.8) is 0 Å². The van der Waals surface area contributed by atoms with E-state index in [2.05, 4.69) is 26.5 Å². The molecule has 0 spiro atoms. The first-order chi connectivity index (χ1) is 12.8. The Morgan fingerprint density at radius 1 is 1.22 bits per heavy atom. The molecule has 2 rings (SSSR count). The predicted molar refractivity (Wildman–Crippen MR) is 96.8 cm³/mol. The Labute approximate surface area is 159 Å². The Balaban J connectivity index is 2.00. The number of nitro groups is 2. The van der Waals surface area contributed by atoms with Gasteiger partial charge < -0.3 is 9.84 Å². The number of hydrazone groups is 1. The number of nitrogens with zero attached hydrogens (tertiary/aromatic N) is 3. The number of carbonyl (C=O) groups excluding carboxylic acids is 1. The van der Waals surface area contributed by atoms with Gasteiger partial charge in [-0.05, 0) is 12.1 Å². The van der Waals surface area contributed by atoms with Crippen LogP contribution in [-0.2, 0) is 4.79 Å². The molecule has 0 aliphatic rings. The van der Waals surface area contributed by atoms with Crippen LogP contribution in [0.2, 0.25) is 0 Å². The molecule has 0 saturated heterocycles. The maximum absolute atomic E-state index is 11.7. The minimum absolute atomic E-state index is 0.00371. The highest BCUT2D eigenvalue weighted by Gasteiger charge is 2.18. The number of nitro benzene ring substituents is 2. The molecule has 0 fully saturated rings. The Morgan fingerprint density at radius 3 is 2.56 bits per heavy atom. The minimum atomic E-state index is -0.767. The number of phenols is 1. The Morgan fingerprint density at radius 2 is 1.89 bits per heavy atom. The zero-order chi connectivity index (χ0) is 20.0. The van der Waals surface area contributed by atoms with Gasteiger partial charge in [0.15, 0.2) is 12.4 Å². The van der Waals surface area contributed by atoms with E-state index >= 15 is 0 Å². The van der Waals surface area contributed by atoms with E-state index in [0.29, 0.717) is 4.47 Å². The summed E-state index contributed by atoms with van der Waals surface area (Å²) in [5, 5.41) is 35.1. The third-order valence-electron chi connectivity index (χ3n) is 3.09. The predicted octanol–water partition coefficient (Wildman–Crippen LogP) is 2.50. The standard InChI is InChI=1S/C15H11BrN4O7/c16-10-5-9(15(22)12(6-10)20(25)26)7-17-18-14(21)8-27-13-4-2-1-3-11(13)19(23)24/h1-7,22H,8H2,(H,18,21). The molecule has 2 aromatic carbocycles. The van der Waals surface area contributed by atoms with Crippen molar-refractivity contribution < 1.29 is 24.5 Å². The van der Waals surface area contributed by atoms with E-state index in [9.17, 15) is 30.1 Å². The van der Waals surface area contributed by atoms with Crippen LogP contribution in [0.4, 0.5) is 11.4 Å². The molecular weight excluding hydrogens is 428 g/mol. The Kier molecular flexibility index (Phi) is 6.38. The quantitative estimate of drug-likeness (QED) is 0.381. The van der Waals surface area contributed by atoms with E-state index in [1.165, 1.54) is 30.3 Å². The van der Waals surface area contributed by atoms with E-state index in [0.717, 1.165) is 12.3 Å². The first-order valence-electron chi connectivity index (χ1n) is 7.14. The SMILES string of the molecule is O=C(COc1ccccc1[N+](=O)[O-])NN=Cc1cc(Br)cc([N+](=O)[O-])c1O. The van der Waals surface area contributed by atoms with Gasteiger partial charge in [-0.25, -0.2) is 5.43 Å². The first kappa shape index (κ1) is 19.8. The number of hydrogen-bond donors (Lipinski definition) is 2. The van der Waals surface area contributed by atoms with Crippen LogP contribution in [0.5, 0.6) is 11.5 Å². The summed E-state index contributed by atoms with van der Waals surface area (Å²) >= 11 is 3.07. The van der Waals surface area contributed by atoms with Gasteiger partial charge in [-0.15, -0.1) is 0 Å². The Hall–Kier alpha value is -3.54. The molecule has 0 atom stereocenters. The number of phenolic OH excluding ortho intramolecular Hbond substituents is 1. The number of nitrogens with one attached hydrogen (secondary N) is 1. The Bertz CT molecular complexity index is 932. The normalized spacial score (nSPS) is 10.6. The number of ether oxygens (including phenoxy) is 1. The largest absolute Gasteiger partial charge is 0.502 e. The second kappa shape index (κ2) is 8.71. The molecule has 0 radical (unpaired) electrons.